The minimum absolute atomic E-state index is 0.0416. The summed E-state index contributed by atoms with van der Waals surface area (Å²) in [5, 5.41) is 8.31. The largest absolute Gasteiger partial charge is 0.444 e. The SMILES string of the molecule is CC(C)(C)OC(=O)N1CCC(C(C)(C)C(=O)c2cc(Cl)cc3cn[nH]c23)CC1. The Bertz CT molecular complexity index is 890. The number of rotatable bonds is 3. The first-order valence-electron chi connectivity index (χ1n) is 9.64. The number of H-pyrrole nitrogens is 1. The van der Waals surface area contributed by atoms with Crippen molar-refractivity contribution < 1.29 is 14.3 Å². The molecule has 1 aliphatic rings. The molecule has 3 rings (SSSR count). The number of ketones is 1. The molecule has 152 valence electrons. The zero-order valence-corrected chi connectivity index (χ0v) is 17.9. The Morgan fingerprint density at radius 1 is 1.18 bits per heavy atom. The van der Waals surface area contributed by atoms with Crippen molar-refractivity contribution in [1.29, 1.82) is 0 Å². The molecule has 1 N–H and O–H groups in total. The Balaban J connectivity index is 1.74. The van der Waals surface area contributed by atoms with E-state index in [0.717, 1.165) is 18.2 Å². The van der Waals surface area contributed by atoms with Crippen molar-refractivity contribution in [2.75, 3.05) is 13.1 Å². The summed E-state index contributed by atoms with van der Waals surface area (Å²) in [6.07, 6.45) is 2.89. The molecule has 1 aliphatic heterocycles. The topological polar surface area (TPSA) is 75.3 Å². The number of hydrogen-bond acceptors (Lipinski definition) is 4. The first kappa shape index (κ1) is 20.6. The van der Waals surface area contributed by atoms with Gasteiger partial charge in [-0.05, 0) is 51.7 Å². The Morgan fingerprint density at radius 2 is 1.82 bits per heavy atom. The number of Topliss-reactive ketones (excluding diaryl/α,β-unsaturated/α-hetero) is 1. The molecule has 1 aromatic heterocycles. The summed E-state index contributed by atoms with van der Waals surface area (Å²) in [4.78, 5) is 27.4. The Hall–Kier alpha value is -2.08. The van der Waals surface area contributed by atoms with E-state index in [0.29, 0.717) is 29.2 Å². The van der Waals surface area contributed by atoms with Crippen molar-refractivity contribution in [3.63, 3.8) is 0 Å². The van der Waals surface area contributed by atoms with E-state index in [1.54, 1.807) is 23.2 Å². The number of hydrogen-bond donors (Lipinski definition) is 1. The lowest BCUT2D eigenvalue weighted by molar-refractivity contribution is 0.0126. The van der Waals surface area contributed by atoms with Crippen LogP contribution in [0.25, 0.3) is 10.9 Å². The number of benzene rings is 1. The third kappa shape index (κ3) is 4.17. The zero-order valence-electron chi connectivity index (χ0n) is 17.1. The number of nitrogens with one attached hydrogen (secondary N) is 1. The van der Waals surface area contributed by atoms with Crippen molar-refractivity contribution in [3.8, 4) is 0 Å². The number of carbonyl (C=O) groups is 2. The van der Waals surface area contributed by atoms with Crippen molar-refractivity contribution in [2.24, 2.45) is 11.3 Å². The van der Waals surface area contributed by atoms with Crippen LogP contribution in [0, 0.1) is 11.3 Å². The van der Waals surface area contributed by atoms with E-state index in [2.05, 4.69) is 10.2 Å². The molecule has 0 unspecified atom stereocenters. The van der Waals surface area contributed by atoms with E-state index in [1.807, 2.05) is 34.6 Å². The normalized spacial score (nSPS) is 16.4. The molecule has 6 nitrogen and oxygen atoms in total. The molecule has 7 heteroatoms. The van der Waals surface area contributed by atoms with Gasteiger partial charge in [0.1, 0.15) is 5.60 Å². The highest BCUT2D eigenvalue weighted by atomic mass is 35.5. The molecule has 2 heterocycles. The average molecular weight is 406 g/mol. The van der Waals surface area contributed by atoms with Gasteiger partial charge in [-0.1, -0.05) is 25.4 Å². The molecule has 0 atom stereocenters. The number of ether oxygens (including phenoxy) is 1. The van der Waals surface area contributed by atoms with Crippen LogP contribution in [0.4, 0.5) is 4.79 Å². The maximum atomic E-state index is 13.4. The highest BCUT2D eigenvalue weighted by molar-refractivity contribution is 6.32. The fourth-order valence-electron chi connectivity index (χ4n) is 3.84. The predicted molar refractivity (Wildman–Crippen MR) is 110 cm³/mol. The molecule has 0 radical (unpaired) electrons. The van der Waals surface area contributed by atoms with Gasteiger partial charge in [0.15, 0.2) is 5.78 Å². The Kier molecular flexibility index (Phi) is 5.45. The van der Waals surface area contributed by atoms with E-state index in [-0.39, 0.29) is 17.8 Å². The van der Waals surface area contributed by atoms with Gasteiger partial charge in [-0.25, -0.2) is 4.79 Å². The lowest BCUT2D eigenvalue weighted by Crippen LogP contribution is -2.45. The van der Waals surface area contributed by atoms with Gasteiger partial charge >= 0.3 is 6.09 Å². The summed E-state index contributed by atoms with van der Waals surface area (Å²) in [6.45, 7) is 10.7. The number of nitrogens with zero attached hydrogens (tertiary/aromatic N) is 2. The van der Waals surface area contributed by atoms with Gasteiger partial charge in [-0.3, -0.25) is 9.89 Å². The number of likely N-dealkylation sites (tertiary alicyclic amines) is 1. The number of aromatic nitrogens is 2. The van der Waals surface area contributed by atoms with Crippen molar-refractivity contribution in [3.05, 3.63) is 28.9 Å². The second-order valence-electron chi connectivity index (χ2n) is 9.08. The van der Waals surface area contributed by atoms with Gasteiger partial charge in [0.2, 0.25) is 0 Å². The second-order valence-corrected chi connectivity index (χ2v) is 9.52. The lowest BCUT2D eigenvalue weighted by atomic mass is 9.69. The Morgan fingerprint density at radius 3 is 2.43 bits per heavy atom. The second kappa shape index (κ2) is 7.39. The Labute approximate surface area is 170 Å². The minimum Gasteiger partial charge on any atom is -0.444 e. The highest BCUT2D eigenvalue weighted by Gasteiger charge is 2.40. The van der Waals surface area contributed by atoms with Crippen LogP contribution in [0.5, 0.6) is 0 Å². The standard InChI is InChI=1S/C21H28ClN3O3/c1-20(2,3)28-19(27)25-8-6-14(7-9-25)21(4,5)18(26)16-11-15(22)10-13-12-23-24-17(13)16/h10-12,14H,6-9H2,1-5H3,(H,23,24). The van der Waals surface area contributed by atoms with Gasteiger partial charge in [0, 0.05) is 34.5 Å². The van der Waals surface area contributed by atoms with Crippen molar-refractivity contribution in [1.82, 2.24) is 15.1 Å². The summed E-state index contributed by atoms with van der Waals surface area (Å²) < 4.78 is 5.46. The summed E-state index contributed by atoms with van der Waals surface area (Å²) in [5.41, 5.74) is 0.196. The van der Waals surface area contributed by atoms with Crippen LogP contribution < -0.4 is 0 Å². The van der Waals surface area contributed by atoms with Crippen LogP contribution in [-0.2, 0) is 4.74 Å². The fraction of sp³-hybridized carbons (Fsp3) is 0.571. The minimum atomic E-state index is -0.581. The smallest absolute Gasteiger partial charge is 0.410 e. The number of carbonyl (C=O) groups excluding carboxylic acids is 2. The van der Waals surface area contributed by atoms with Crippen LogP contribution >= 0.6 is 11.6 Å². The molecule has 2 aromatic rings. The van der Waals surface area contributed by atoms with Gasteiger partial charge in [-0.15, -0.1) is 0 Å². The molecule has 0 saturated carbocycles. The highest BCUT2D eigenvalue weighted by Crippen LogP contribution is 2.39. The molecule has 1 amide bonds. The van der Waals surface area contributed by atoms with Gasteiger partial charge < -0.3 is 9.64 Å². The summed E-state index contributed by atoms with van der Waals surface area (Å²) >= 11 is 6.22. The molecule has 1 saturated heterocycles. The van der Waals surface area contributed by atoms with Crippen molar-refractivity contribution in [2.45, 2.75) is 53.1 Å². The third-order valence-corrected chi connectivity index (χ3v) is 5.73. The van der Waals surface area contributed by atoms with Crippen LogP contribution in [0.1, 0.15) is 57.8 Å². The van der Waals surface area contributed by atoms with E-state index >= 15 is 0 Å². The van der Waals surface area contributed by atoms with Crippen LogP contribution in [-0.4, -0.2) is 45.7 Å². The van der Waals surface area contributed by atoms with Gasteiger partial charge in [0.05, 0.1) is 11.7 Å². The molecular formula is C21H28ClN3O3. The quantitative estimate of drug-likeness (QED) is 0.723. The van der Waals surface area contributed by atoms with E-state index < -0.39 is 11.0 Å². The monoisotopic (exact) mass is 405 g/mol. The average Bonchev–Trinajstić information content (AvgIpc) is 3.07. The van der Waals surface area contributed by atoms with E-state index in [1.165, 1.54) is 0 Å². The third-order valence-electron chi connectivity index (χ3n) is 5.51. The lowest BCUT2D eigenvalue weighted by Gasteiger charge is -2.40. The van der Waals surface area contributed by atoms with Crippen LogP contribution in [0.2, 0.25) is 5.02 Å². The van der Waals surface area contributed by atoms with E-state index in [9.17, 15) is 9.59 Å². The summed E-state index contributed by atoms with van der Waals surface area (Å²) in [5.74, 6) is 0.204. The van der Waals surface area contributed by atoms with Crippen LogP contribution in [0.15, 0.2) is 18.3 Å². The molecule has 1 aromatic carbocycles. The van der Waals surface area contributed by atoms with Crippen LogP contribution in [0.3, 0.4) is 0 Å². The molecule has 1 fully saturated rings. The molecule has 28 heavy (non-hydrogen) atoms. The molecule has 0 aliphatic carbocycles. The zero-order chi connectivity index (χ0) is 20.7. The number of piperidine rings is 1. The summed E-state index contributed by atoms with van der Waals surface area (Å²) in [7, 11) is 0. The summed E-state index contributed by atoms with van der Waals surface area (Å²) in [6, 6.07) is 3.51. The first-order chi connectivity index (χ1) is 13.0. The molecular weight excluding hydrogens is 378 g/mol. The fourth-order valence-corrected chi connectivity index (χ4v) is 4.07. The number of amides is 1. The first-order valence-corrected chi connectivity index (χ1v) is 10.0. The molecule has 0 bridgehead atoms. The van der Waals surface area contributed by atoms with Gasteiger partial charge in [0.25, 0.3) is 0 Å². The number of aromatic amines is 1. The van der Waals surface area contributed by atoms with Crippen molar-refractivity contribution >= 4 is 34.4 Å². The predicted octanol–water partition coefficient (Wildman–Crippen LogP) is 5.07. The number of halogens is 1. The molecule has 0 spiro atoms. The van der Waals surface area contributed by atoms with E-state index in [4.69, 9.17) is 16.3 Å². The maximum absolute atomic E-state index is 13.4. The van der Waals surface area contributed by atoms with Gasteiger partial charge in [-0.2, -0.15) is 5.10 Å². The number of fused-ring (bicyclic) bond motifs is 1. The maximum Gasteiger partial charge on any atom is 0.410 e.